The maximum Gasteiger partial charge on any atom is 0.264 e. The first kappa shape index (κ1) is 28.7. The fourth-order valence-corrected chi connectivity index (χ4v) is 5.47. The van der Waals surface area contributed by atoms with Gasteiger partial charge in [0.1, 0.15) is 18.3 Å². The van der Waals surface area contributed by atoms with Crippen molar-refractivity contribution in [1.29, 1.82) is 0 Å². The Balaban J connectivity index is 2.01. The normalized spacial score (nSPS) is 11.9. The molecule has 0 fully saturated rings. The lowest BCUT2D eigenvalue weighted by atomic mass is 10.1. The molecule has 0 aliphatic carbocycles. The molecule has 0 radical (unpaired) electrons. The maximum atomic E-state index is 13.8. The van der Waals surface area contributed by atoms with Crippen molar-refractivity contribution in [3.05, 3.63) is 90.0 Å². The first-order valence-electron chi connectivity index (χ1n) is 12.6. The van der Waals surface area contributed by atoms with Gasteiger partial charge in [-0.25, -0.2) is 8.42 Å². The number of hydrogen-bond donors (Lipinski definition) is 1. The smallest absolute Gasteiger partial charge is 0.264 e. The van der Waals surface area contributed by atoms with Gasteiger partial charge in [-0.1, -0.05) is 48.0 Å². The summed E-state index contributed by atoms with van der Waals surface area (Å²) in [6.45, 7) is 7.80. The minimum absolute atomic E-state index is 0.0590. The zero-order chi connectivity index (χ0) is 27.7. The van der Waals surface area contributed by atoms with Crippen LogP contribution in [0.3, 0.4) is 0 Å². The number of rotatable bonds is 12. The summed E-state index contributed by atoms with van der Waals surface area (Å²) >= 11 is 0. The number of aryl methyl sites for hydroxylation is 1. The summed E-state index contributed by atoms with van der Waals surface area (Å²) in [7, 11) is -4.10. The summed E-state index contributed by atoms with van der Waals surface area (Å²) in [6, 6.07) is 21.3. The van der Waals surface area contributed by atoms with Crippen molar-refractivity contribution >= 4 is 27.5 Å². The van der Waals surface area contributed by atoms with Crippen LogP contribution in [0.25, 0.3) is 0 Å². The topological polar surface area (TPSA) is 96.0 Å². The van der Waals surface area contributed by atoms with Gasteiger partial charge in [0.2, 0.25) is 11.8 Å². The highest BCUT2D eigenvalue weighted by Crippen LogP contribution is 2.26. The van der Waals surface area contributed by atoms with Crippen molar-refractivity contribution in [3.8, 4) is 5.75 Å². The summed E-state index contributed by atoms with van der Waals surface area (Å²) in [5, 5.41) is 2.76. The Kier molecular flexibility index (Phi) is 9.90. The summed E-state index contributed by atoms with van der Waals surface area (Å²) in [5.41, 5.74) is 2.17. The second-order valence-corrected chi connectivity index (χ2v) is 10.7. The molecule has 0 unspecified atom stereocenters. The second kappa shape index (κ2) is 13.1. The molecule has 38 heavy (non-hydrogen) atoms. The Morgan fingerprint density at radius 2 is 1.63 bits per heavy atom. The molecular formula is C29H35N3O5S. The molecule has 3 aromatic carbocycles. The number of benzene rings is 3. The van der Waals surface area contributed by atoms with Crippen LogP contribution in [-0.2, 0) is 26.2 Å². The quantitative estimate of drug-likeness (QED) is 0.375. The Bertz CT molecular complexity index is 1330. The van der Waals surface area contributed by atoms with E-state index in [1.165, 1.54) is 17.0 Å². The fourth-order valence-electron chi connectivity index (χ4n) is 4.04. The third-order valence-corrected chi connectivity index (χ3v) is 7.79. The van der Waals surface area contributed by atoms with E-state index in [0.29, 0.717) is 24.6 Å². The highest BCUT2D eigenvalue weighted by molar-refractivity contribution is 7.92. The molecule has 0 aromatic heterocycles. The molecule has 0 heterocycles. The molecule has 2 amide bonds. The predicted octanol–water partition coefficient (Wildman–Crippen LogP) is 4.14. The maximum absolute atomic E-state index is 13.8. The molecule has 3 rings (SSSR count). The Morgan fingerprint density at radius 1 is 0.947 bits per heavy atom. The molecule has 1 atom stereocenters. The monoisotopic (exact) mass is 537 g/mol. The van der Waals surface area contributed by atoms with Crippen molar-refractivity contribution < 1.29 is 22.7 Å². The minimum atomic E-state index is -4.10. The summed E-state index contributed by atoms with van der Waals surface area (Å²) < 4.78 is 34.1. The molecule has 202 valence electrons. The number of amides is 2. The van der Waals surface area contributed by atoms with Crippen molar-refractivity contribution in [2.45, 2.75) is 45.2 Å². The number of sulfonamides is 1. The van der Waals surface area contributed by atoms with Crippen LogP contribution in [0, 0.1) is 6.92 Å². The van der Waals surface area contributed by atoms with E-state index >= 15 is 0 Å². The molecular weight excluding hydrogens is 502 g/mol. The largest absolute Gasteiger partial charge is 0.494 e. The van der Waals surface area contributed by atoms with Crippen molar-refractivity contribution in [3.63, 3.8) is 0 Å². The molecule has 0 aliphatic heterocycles. The van der Waals surface area contributed by atoms with Gasteiger partial charge in [-0.15, -0.1) is 0 Å². The number of anilines is 1. The van der Waals surface area contributed by atoms with Gasteiger partial charge < -0.3 is 15.0 Å². The average Bonchev–Trinajstić information content (AvgIpc) is 2.91. The highest BCUT2D eigenvalue weighted by atomic mass is 32.2. The van der Waals surface area contributed by atoms with Crippen LogP contribution in [0.5, 0.6) is 5.75 Å². The lowest BCUT2D eigenvalue weighted by Crippen LogP contribution is -2.51. The number of nitrogens with zero attached hydrogens (tertiary/aromatic N) is 2. The van der Waals surface area contributed by atoms with E-state index in [2.05, 4.69) is 5.32 Å². The van der Waals surface area contributed by atoms with E-state index in [4.69, 9.17) is 4.74 Å². The SMILES string of the molecule is CCNC(=O)[C@@H](C)N(Cc1cccc(C)c1)C(=O)CN(c1ccc(OCC)cc1)S(=O)(=O)c1ccccc1. The van der Waals surface area contributed by atoms with Crippen LogP contribution >= 0.6 is 0 Å². The van der Waals surface area contributed by atoms with Crippen LogP contribution in [-0.4, -0.2) is 50.9 Å². The number of carbonyl (C=O) groups is 2. The summed E-state index contributed by atoms with van der Waals surface area (Å²) in [4.78, 5) is 28.1. The second-order valence-electron chi connectivity index (χ2n) is 8.83. The molecule has 8 nitrogen and oxygen atoms in total. The minimum Gasteiger partial charge on any atom is -0.494 e. The first-order chi connectivity index (χ1) is 18.2. The van der Waals surface area contributed by atoms with Gasteiger partial charge >= 0.3 is 0 Å². The van der Waals surface area contributed by atoms with Gasteiger partial charge in [0.15, 0.2) is 0 Å². The van der Waals surface area contributed by atoms with Gasteiger partial charge in [0.25, 0.3) is 10.0 Å². The van der Waals surface area contributed by atoms with Crippen LogP contribution in [0.15, 0.2) is 83.8 Å². The molecule has 0 bridgehead atoms. The molecule has 0 aliphatic rings. The van der Waals surface area contributed by atoms with E-state index in [1.807, 2.05) is 38.1 Å². The van der Waals surface area contributed by atoms with Gasteiger partial charge in [-0.2, -0.15) is 0 Å². The standard InChI is InChI=1S/C29H35N3O5S/c1-5-30-29(34)23(4)31(20-24-12-10-11-22(3)19-24)28(33)21-32(25-15-17-26(18-16-25)37-6-2)38(35,36)27-13-8-7-9-14-27/h7-19,23H,5-6,20-21H2,1-4H3,(H,30,34)/t23-/m1/s1. The molecule has 0 saturated carbocycles. The molecule has 0 spiro atoms. The van der Waals surface area contributed by atoms with E-state index in [0.717, 1.165) is 15.4 Å². The van der Waals surface area contributed by atoms with Crippen molar-refractivity contribution in [1.82, 2.24) is 10.2 Å². The van der Waals surface area contributed by atoms with Gasteiger partial charge in [-0.3, -0.25) is 13.9 Å². The van der Waals surface area contributed by atoms with Crippen LogP contribution in [0.1, 0.15) is 31.9 Å². The average molecular weight is 538 g/mol. The third kappa shape index (κ3) is 7.13. The van der Waals surface area contributed by atoms with Crippen LogP contribution in [0.2, 0.25) is 0 Å². The molecule has 3 aromatic rings. The number of nitrogens with one attached hydrogen (secondary N) is 1. The lowest BCUT2D eigenvalue weighted by molar-refractivity contribution is -0.139. The molecule has 9 heteroatoms. The van der Waals surface area contributed by atoms with Crippen molar-refractivity contribution in [2.75, 3.05) is 24.0 Å². The van der Waals surface area contributed by atoms with E-state index in [-0.39, 0.29) is 17.3 Å². The number of ether oxygens (including phenoxy) is 1. The number of hydrogen-bond acceptors (Lipinski definition) is 5. The number of likely N-dealkylation sites (N-methyl/N-ethyl adjacent to an activating group) is 1. The molecule has 1 N–H and O–H groups in total. The Morgan fingerprint density at radius 3 is 2.24 bits per heavy atom. The first-order valence-corrected chi connectivity index (χ1v) is 14.0. The van der Waals surface area contributed by atoms with E-state index in [9.17, 15) is 18.0 Å². The Labute approximate surface area is 225 Å². The zero-order valence-corrected chi connectivity index (χ0v) is 23.1. The van der Waals surface area contributed by atoms with Gasteiger partial charge in [0.05, 0.1) is 17.2 Å². The molecule has 0 saturated heterocycles. The van der Waals surface area contributed by atoms with Crippen LogP contribution < -0.4 is 14.4 Å². The lowest BCUT2D eigenvalue weighted by Gasteiger charge is -2.32. The van der Waals surface area contributed by atoms with E-state index < -0.39 is 28.5 Å². The Hall–Kier alpha value is -3.85. The van der Waals surface area contributed by atoms with E-state index in [1.54, 1.807) is 56.3 Å². The van der Waals surface area contributed by atoms with Crippen molar-refractivity contribution in [2.24, 2.45) is 0 Å². The predicted molar refractivity (Wildman–Crippen MR) is 148 cm³/mol. The summed E-state index contributed by atoms with van der Waals surface area (Å²) in [6.07, 6.45) is 0. The van der Waals surface area contributed by atoms with Crippen LogP contribution in [0.4, 0.5) is 5.69 Å². The third-order valence-electron chi connectivity index (χ3n) is 6.00. The number of carbonyl (C=O) groups excluding carboxylic acids is 2. The summed E-state index contributed by atoms with van der Waals surface area (Å²) in [5.74, 6) is -0.226. The van der Waals surface area contributed by atoms with Gasteiger partial charge in [0, 0.05) is 13.1 Å². The van der Waals surface area contributed by atoms with Gasteiger partial charge in [-0.05, 0) is 69.7 Å². The fraction of sp³-hybridized carbons (Fsp3) is 0.310. The highest BCUT2D eigenvalue weighted by Gasteiger charge is 2.32. The zero-order valence-electron chi connectivity index (χ0n) is 22.3.